The minimum Gasteiger partial charge on any atom is -0.460 e. The summed E-state index contributed by atoms with van der Waals surface area (Å²) >= 11 is 0. The molecule has 0 amide bonds. The van der Waals surface area contributed by atoms with Gasteiger partial charge in [0.2, 0.25) is 0 Å². The van der Waals surface area contributed by atoms with Crippen molar-refractivity contribution in [2.75, 3.05) is 26.4 Å². The van der Waals surface area contributed by atoms with Crippen molar-refractivity contribution in [3.05, 3.63) is 24.3 Å². The Balaban J connectivity index is 3.79. The SMILES string of the molecule is CC=CC(=O)OCCOS(=O)(=O)OCCOC(=O)C=CC. The van der Waals surface area contributed by atoms with Gasteiger partial charge in [-0.3, -0.25) is 0 Å². The predicted octanol–water partition coefficient (Wildman–Crippen LogP) is 0.503. The van der Waals surface area contributed by atoms with Crippen molar-refractivity contribution in [3.63, 3.8) is 0 Å². The van der Waals surface area contributed by atoms with Crippen LogP contribution >= 0.6 is 0 Å². The largest absolute Gasteiger partial charge is 0.460 e. The quantitative estimate of drug-likeness (QED) is 0.325. The number of hydrogen-bond donors (Lipinski definition) is 0. The van der Waals surface area contributed by atoms with Gasteiger partial charge in [-0.25, -0.2) is 18.0 Å². The summed E-state index contributed by atoms with van der Waals surface area (Å²) in [6.07, 6.45) is 5.34. The molecule has 0 aromatic carbocycles. The third kappa shape index (κ3) is 11.8. The summed E-state index contributed by atoms with van der Waals surface area (Å²) in [5.74, 6) is -1.20. The molecule has 0 spiro atoms. The van der Waals surface area contributed by atoms with Crippen LogP contribution in [0.5, 0.6) is 0 Å². The summed E-state index contributed by atoms with van der Waals surface area (Å²) < 4.78 is 40.5. The zero-order valence-electron chi connectivity index (χ0n) is 11.8. The highest BCUT2D eigenvalue weighted by Crippen LogP contribution is 1.96. The van der Waals surface area contributed by atoms with Crippen molar-refractivity contribution in [3.8, 4) is 0 Å². The summed E-state index contributed by atoms with van der Waals surface area (Å²) in [5.41, 5.74) is 0. The lowest BCUT2D eigenvalue weighted by molar-refractivity contribution is -0.139. The van der Waals surface area contributed by atoms with Gasteiger partial charge in [-0.15, -0.1) is 0 Å². The molecule has 21 heavy (non-hydrogen) atoms. The molecule has 0 heterocycles. The van der Waals surface area contributed by atoms with E-state index in [1.165, 1.54) is 24.3 Å². The van der Waals surface area contributed by atoms with Crippen molar-refractivity contribution in [1.29, 1.82) is 0 Å². The normalized spacial score (nSPS) is 11.9. The highest BCUT2D eigenvalue weighted by atomic mass is 32.3. The van der Waals surface area contributed by atoms with E-state index >= 15 is 0 Å². The Labute approximate surface area is 123 Å². The van der Waals surface area contributed by atoms with Crippen LogP contribution in [-0.4, -0.2) is 46.8 Å². The van der Waals surface area contributed by atoms with Gasteiger partial charge in [0.05, 0.1) is 0 Å². The van der Waals surface area contributed by atoms with Crippen molar-refractivity contribution < 1.29 is 35.8 Å². The fourth-order valence-electron chi connectivity index (χ4n) is 0.959. The van der Waals surface area contributed by atoms with Crippen molar-refractivity contribution in [1.82, 2.24) is 0 Å². The van der Waals surface area contributed by atoms with Crippen LogP contribution in [0.3, 0.4) is 0 Å². The summed E-state index contributed by atoms with van der Waals surface area (Å²) in [6, 6.07) is 0. The number of carbonyl (C=O) groups excluding carboxylic acids is 2. The minimum absolute atomic E-state index is 0.234. The Kier molecular flexibility index (Phi) is 10.1. The highest BCUT2D eigenvalue weighted by molar-refractivity contribution is 7.81. The van der Waals surface area contributed by atoms with Gasteiger partial charge in [0.1, 0.15) is 26.4 Å². The average Bonchev–Trinajstić information content (AvgIpc) is 2.41. The Hall–Kier alpha value is -1.71. The van der Waals surface area contributed by atoms with Crippen LogP contribution in [0.4, 0.5) is 0 Å². The van der Waals surface area contributed by atoms with Gasteiger partial charge >= 0.3 is 22.3 Å². The van der Waals surface area contributed by atoms with E-state index in [4.69, 9.17) is 0 Å². The first-order valence-corrected chi connectivity index (χ1v) is 7.37. The van der Waals surface area contributed by atoms with Gasteiger partial charge in [0, 0.05) is 12.2 Å². The fraction of sp³-hybridized carbons (Fsp3) is 0.500. The van der Waals surface area contributed by atoms with Gasteiger partial charge in [-0.2, -0.15) is 8.42 Å². The molecule has 8 nitrogen and oxygen atoms in total. The summed E-state index contributed by atoms with van der Waals surface area (Å²) in [6.45, 7) is 2.07. The van der Waals surface area contributed by atoms with Crippen molar-refractivity contribution in [2.24, 2.45) is 0 Å². The standard InChI is InChI=1S/C12H18O8S/c1-3-5-11(13)17-7-9-19-21(15,16)20-10-8-18-12(14)6-4-2/h3-6H,7-10H2,1-2H3. The lowest BCUT2D eigenvalue weighted by Crippen LogP contribution is -2.18. The lowest BCUT2D eigenvalue weighted by atomic mass is 10.5. The highest BCUT2D eigenvalue weighted by Gasteiger charge is 2.12. The Morgan fingerprint density at radius 1 is 0.810 bits per heavy atom. The molecule has 0 N–H and O–H groups in total. The number of allylic oxidation sites excluding steroid dienone is 2. The summed E-state index contributed by atoms with van der Waals surface area (Å²) in [4.78, 5) is 21.8. The molecule has 0 fully saturated rings. The molecule has 0 unspecified atom stereocenters. The molecule has 0 saturated carbocycles. The molecule has 0 aromatic rings. The van der Waals surface area contributed by atoms with Gasteiger partial charge in [0.25, 0.3) is 0 Å². The van der Waals surface area contributed by atoms with E-state index in [2.05, 4.69) is 17.8 Å². The van der Waals surface area contributed by atoms with Gasteiger partial charge in [-0.05, 0) is 13.8 Å². The summed E-state index contributed by atoms with van der Waals surface area (Å²) in [7, 11) is -4.22. The van der Waals surface area contributed by atoms with E-state index in [9.17, 15) is 18.0 Å². The number of rotatable bonds is 10. The number of hydrogen-bond acceptors (Lipinski definition) is 8. The monoisotopic (exact) mass is 322 g/mol. The van der Waals surface area contributed by atoms with E-state index in [-0.39, 0.29) is 26.4 Å². The van der Waals surface area contributed by atoms with E-state index < -0.39 is 22.3 Å². The molecule has 120 valence electrons. The van der Waals surface area contributed by atoms with Crippen molar-refractivity contribution in [2.45, 2.75) is 13.8 Å². The van der Waals surface area contributed by atoms with Crippen LogP contribution in [0.2, 0.25) is 0 Å². The second kappa shape index (κ2) is 11.0. The molecular formula is C12H18O8S. The Morgan fingerprint density at radius 3 is 1.52 bits per heavy atom. The third-order valence-corrected chi connectivity index (χ3v) is 2.63. The molecular weight excluding hydrogens is 304 g/mol. The first-order valence-electron chi connectivity index (χ1n) is 6.04. The predicted molar refractivity (Wildman–Crippen MR) is 72.4 cm³/mol. The van der Waals surface area contributed by atoms with Gasteiger partial charge < -0.3 is 9.47 Å². The number of carbonyl (C=O) groups is 2. The maximum absolute atomic E-state index is 11.2. The van der Waals surface area contributed by atoms with E-state index in [1.54, 1.807) is 13.8 Å². The lowest BCUT2D eigenvalue weighted by Gasteiger charge is -2.06. The maximum Gasteiger partial charge on any atom is 0.400 e. The molecule has 0 rings (SSSR count). The Morgan fingerprint density at radius 2 is 1.19 bits per heavy atom. The number of ether oxygens (including phenoxy) is 2. The maximum atomic E-state index is 11.2. The third-order valence-electron chi connectivity index (χ3n) is 1.72. The minimum atomic E-state index is -4.22. The smallest absolute Gasteiger partial charge is 0.400 e. The first kappa shape index (κ1) is 19.3. The summed E-state index contributed by atoms with van der Waals surface area (Å²) in [5, 5.41) is 0. The first-order chi connectivity index (χ1) is 9.91. The molecule has 0 aliphatic carbocycles. The molecule has 0 atom stereocenters. The molecule has 0 aliphatic rings. The van der Waals surface area contributed by atoms with Crippen molar-refractivity contribution >= 4 is 22.3 Å². The molecule has 0 aliphatic heterocycles. The number of esters is 2. The van der Waals surface area contributed by atoms with Gasteiger partial charge in [-0.1, -0.05) is 12.2 Å². The van der Waals surface area contributed by atoms with Crippen LogP contribution in [-0.2, 0) is 37.8 Å². The molecule has 0 radical (unpaired) electrons. The average molecular weight is 322 g/mol. The van der Waals surface area contributed by atoms with Crippen LogP contribution in [0.15, 0.2) is 24.3 Å². The van der Waals surface area contributed by atoms with E-state index in [0.717, 1.165) is 0 Å². The molecule has 0 aromatic heterocycles. The second-order valence-corrected chi connectivity index (χ2v) is 4.68. The van der Waals surface area contributed by atoms with Gasteiger partial charge in [0.15, 0.2) is 0 Å². The second-order valence-electron chi connectivity index (χ2n) is 3.39. The Bertz CT molecular complexity index is 439. The zero-order valence-corrected chi connectivity index (χ0v) is 12.6. The molecule has 0 bridgehead atoms. The van der Waals surface area contributed by atoms with Crippen LogP contribution < -0.4 is 0 Å². The fourth-order valence-corrected chi connectivity index (χ4v) is 1.57. The van der Waals surface area contributed by atoms with Crippen LogP contribution in [0.25, 0.3) is 0 Å². The van der Waals surface area contributed by atoms with E-state index in [1.807, 2.05) is 0 Å². The zero-order chi connectivity index (χ0) is 16.1. The van der Waals surface area contributed by atoms with E-state index in [0.29, 0.717) is 0 Å². The molecule has 9 heteroatoms. The van der Waals surface area contributed by atoms with Crippen LogP contribution in [0.1, 0.15) is 13.8 Å². The molecule has 0 saturated heterocycles. The topological polar surface area (TPSA) is 105 Å². The van der Waals surface area contributed by atoms with Crippen LogP contribution in [0, 0.1) is 0 Å².